The van der Waals surface area contributed by atoms with Crippen LogP contribution < -0.4 is 10.5 Å². The van der Waals surface area contributed by atoms with Crippen molar-refractivity contribution in [2.45, 2.75) is 38.9 Å². The topological polar surface area (TPSA) is 54.3 Å². The van der Waals surface area contributed by atoms with Gasteiger partial charge in [-0.15, -0.1) is 0 Å². The molecule has 2 aromatic heterocycles. The normalized spacial score (nSPS) is 16.1. The van der Waals surface area contributed by atoms with Crippen molar-refractivity contribution in [1.82, 2.24) is 19.4 Å². The minimum Gasteiger partial charge on any atom is -0.298 e. The minimum atomic E-state index is 0.0231. The smallest absolute Gasteiger partial charge is 0.265 e. The van der Waals surface area contributed by atoms with Crippen molar-refractivity contribution in [2.75, 3.05) is 11.6 Å². The molecule has 2 aromatic carbocycles. The first-order valence-electron chi connectivity index (χ1n) is 11.3. The van der Waals surface area contributed by atoms with Gasteiger partial charge in [-0.2, -0.15) is 4.98 Å². The summed E-state index contributed by atoms with van der Waals surface area (Å²) in [6.45, 7) is 1.93. The van der Waals surface area contributed by atoms with E-state index in [0.29, 0.717) is 30.3 Å². The van der Waals surface area contributed by atoms with Crippen molar-refractivity contribution >= 4 is 22.7 Å². The van der Waals surface area contributed by atoms with Gasteiger partial charge in [0.2, 0.25) is 5.95 Å². The monoisotopic (exact) mass is 423 g/mol. The van der Waals surface area contributed by atoms with E-state index in [1.807, 2.05) is 35.0 Å². The second kappa shape index (κ2) is 7.88. The average Bonchev–Trinajstić information content (AvgIpc) is 2.85. The van der Waals surface area contributed by atoms with E-state index < -0.39 is 0 Å². The maximum atomic E-state index is 13.8. The Bertz CT molecular complexity index is 1330. The zero-order valence-electron chi connectivity index (χ0n) is 17.9. The molecule has 0 fully saturated rings. The largest absolute Gasteiger partial charge is 0.298 e. The summed E-state index contributed by atoms with van der Waals surface area (Å²) >= 11 is 0. The van der Waals surface area contributed by atoms with Gasteiger partial charge in [0, 0.05) is 18.4 Å². The molecule has 160 valence electrons. The SMILES string of the molecule is O=c1c2c3c(cnc2nc2n1CN(Cc1ccccc1)CN2c1ccccc1)CCCC3. The Labute approximate surface area is 186 Å². The molecule has 0 saturated heterocycles. The Morgan fingerprint density at radius 1 is 0.875 bits per heavy atom. The molecule has 0 radical (unpaired) electrons. The van der Waals surface area contributed by atoms with Crippen LogP contribution >= 0.6 is 0 Å². The molecular weight excluding hydrogens is 398 g/mol. The molecule has 0 bridgehead atoms. The Morgan fingerprint density at radius 3 is 2.44 bits per heavy atom. The van der Waals surface area contributed by atoms with Crippen LogP contribution in [0.25, 0.3) is 11.0 Å². The number of anilines is 2. The third-order valence-electron chi connectivity index (χ3n) is 6.53. The summed E-state index contributed by atoms with van der Waals surface area (Å²) in [4.78, 5) is 27.8. The van der Waals surface area contributed by atoms with E-state index in [4.69, 9.17) is 4.98 Å². The molecular formula is C26H25N5O. The molecule has 0 spiro atoms. The predicted molar refractivity (Wildman–Crippen MR) is 126 cm³/mol. The third-order valence-corrected chi connectivity index (χ3v) is 6.53. The molecule has 0 N–H and O–H groups in total. The van der Waals surface area contributed by atoms with Gasteiger partial charge in [0.1, 0.15) is 0 Å². The Morgan fingerprint density at radius 2 is 1.62 bits per heavy atom. The lowest BCUT2D eigenvalue weighted by atomic mass is 9.91. The van der Waals surface area contributed by atoms with Crippen LogP contribution in [-0.4, -0.2) is 26.1 Å². The Balaban J connectivity index is 1.52. The molecule has 6 nitrogen and oxygen atoms in total. The summed E-state index contributed by atoms with van der Waals surface area (Å²) < 4.78 is 1.83. The summed E-state index contributed by atoms with van der Waals surface area (Å²) in [5, 5.41) is 0.709. The van der Waals surface area contributed by atoms with E-state index in [1.165, 1.54) is 11.1 Å². The molecule has 1 aliphatic carbocycles. The van der Waals surface area contributed by atoms with E-state index in [-0.39, 0.29) is 5.56 Å². The molecule has 6 heteroatoms. The minimum absolute atomic E-state index is 0.0231. The summed E-state index contributed by atoms with van der Waals surface area (Å²) in [5.74, 6) is 0.668. The molecule has 32 heavy (non-hydrogen) atoms. The fourth-order valence-corrected chi connectivity index (χ4v) is 4.97. The first-order chi connectivity index (χ1) is 15.8. The fourth-order valence-electron chi connectivity index (χ4n) is 4.97. The van der Waals surface area contributed by atoms with Crippen LogP contribution in [-0.2, 0) is 26.1 Å². The number of benzene rings is 2. The summed E-state index contributed by atoms with van der Waals surface area (Å²) in [7, 11) is 0. The number of hydrogen-bond donors (Lipinski definition) is 0. The zero-order chi connectivity index (χ0) is 21.5. The molecule has 0 saturated carbocycles. The maximum Gasteiger partial charge on any atom is 0.265 e. The number of rotatable bonds is 3. The summed E-state index contributed by atoms with van der Waals surface area (Å²) in [6, 6.07) is 20.6. The predicted octanol–water partition coefficient (Wildman–Crippen LogP) is 4.24. The molecule has 0 atom stereocenters. The van der Waals surface area contributed by atoms with Gasteiger partial charge in [0.25, 0.3) is 5.56 Å². The van der Waals surface area contributed by atoms with Crippen molar-refractivity contribution in [2.24, 2.45) is 0 Å². The zero-order valence-corrected chi connectivity index (χ0v) is 17.9. The van der Waals surface area contributed by atoms with E-state index in [9.17, 15) is 4.79 Å². The quantitative estimate of drug-likeness (QED) is 0.493. The lowest BCUT2D eigenvalue weighted by Gasteiger charge is -2.38. The number of fused-ring (bicyclic) bond motifs is 4. The first kappa shape index (κ1) is 19.2. The van der Waals surface area contributed by atoms with E-state index >= 15 is 0 Å². The van der Waals surface area contributed by atoms with Crippen LogP contribution in [0.1, 0.15) is 29.5 Å². The molecule has 6 rings (SSSR count). The van der Waals surface area contributed by atoms with E-state index in [0.717, 1.165) is 43.5 Å². The van der Waals surface area contributed by atoms with Gasteiger partial charge in [-0.25, -0.2) is 4.98 Å². The lowest BCUT2D eigenvalue weighted by Crippen LogP contribution is -2.47. The van der Waals surface area contributed by atoms with Crippen LogP contribution in [0, 0.1) is 0 Å². The highest BCUT2D eigenvalue weighted by Gasteiger charge is 2.28. The number of hydrogen-bond acceptors (Lipinski definition) is 5. The lowest BCUT2D eigenvalue weighted by molar-refractivity contribution is 0.191. The highest BCUT2D eigenvalue weighted by molar-refractivity contribution is 5.81. The van der Waals surface area contributed by atoms with Crippen LogP contribution in [0.15, 0.2) is 71.7 Å². The molecule has 0 amide bonds. The molecule has 4 aromatic rings. The maximum absolute atomic E-state index is 13.8. The number of nitrogens with zero attached hydrogens (tertiary/aromatic N) is 5. The highest BCUT2D eigenvalue weighted by atomic mass is 16.1. The van der Waals surface area contributed by atoms with Gasteiger partial charge in [0.15, 0.2) is 5.65 Å². The van der Waals surface area contributed by atoms with Crippen LogP contribution in [0.5, 0.6) is 0 Å². The van der Waals surface area contributed by atoms with Gasteiger partial charge in [-0.1, -0.05) is 48.5 Å². The van der Waals surface area contributed by atoms with Gasteiger partial charge < -0.3 is 0 Å². The first-order valence-corrected chi connectivity index (χ1v) is 11.3. The molecule has 2 aliphatic rings. The van der Waals surface area contributed by atoms with Crippen LogP contribution in [0.2, 0.25) is 0 Å². The number of para-hydroxylation sites is 1. The van der Waals surface area contributed by atoms with Crippen molar-refractivity contribution in [3.8, 4) is 0 Å². The molecule has 3 heterocycles. The van der Waals surface area contributed by atoms with Gasteiger partial charge in [-0.05, 0) is 54.5 Å². The standard InChI is InChI=1S/C26H25N5O/c32-25-23-22-14-8-7-11-20(22)15-27-24(23)28-26-30(21-12-5-2-6-13-21)17-29(18-31(25)26)16-19-9-3-1-4-10-19/h1-6,9-10,12-13,15H,7-8,11,14,16-18H2. The van der Waals surface area contributed by atoms with Gasteiger partial charge in [0.05, 0.1) is 18.7 Å². The Hall–Kier alpha value is -3.51. The molecule has 1 aliphatic heterocycles. The van der Waals surface area contributed by atoms with Gasteiger partial charge >= 0.3 is 0 Å². The van der Waals surface area contributed by atoms with Crippen molar-refractivity contribution in [3.05, 3.63) is 93.9 Å². The van der Waals surface area contributed by atoms with Crippen LogP contribution in [0.4, 0.5) is 11.6 Å². The van der Waals surface area contributed by atoms with Gasteiger partial charge in [-0.3, -0.25) is 19.2 Å². The van der Waals surface area contributed by atoms with Crippen LogP contribution in [0.3, 0.4) is 0 Å². The van der Waals surface area contributed by atoms with E-state index in [2.05, 4.69) is 51.2 Å². The number of aromatic nitrogens is 3. The third kappa shape index (κ3) is 3.28. The fraction of sp³-hybridized carbons (Fsp3) is 0.269. The van der Waals surface area contributed by atoms with Crippen molar-refractivity contribution in [1.29, 1.82) is 0 Å². The second-order valence-corrected chi connectivity index (χ2v) is 8.67. The van der Waals surface area contributed by atoms with Crippen molar-refractivity contribution < 1.29 is 0 Å². The summed E-state index contributed by atoms with van der Waals surface area (Å²) in [5.41, 5.74) is 5.20. The number of aryl methyl sites for hydroxylation is 2. The number of pyridine rings is 1. The average molecular weight is 424 g/mol. The molecule has 0 unspecified atom stereocenters. The Kier molecular flexibility index (Phi) is 4.72. The highest BCUT2D eigenvalue weighted by Crippen LogP contribution is 2.31. The second-order valence-electron chi connectivity index (χ2n) is 8.67. The van der Waals surface area contributed by atoms with E-state index in [1.54, 1.807) is 0 Å². The van der Waals surface area contributed by atoms with Crippen molar-refractivity contribution in [3.63, 3.8) is 0 Å². The summed E-state index contributed by atoms with van der Waals surface area (Å²) in [6.07, 6.45) is 6.13.